The molecule has 0 unspecified atom stereocenters. The number of rotatable bonds is 20. The third-order valence-corrected chi connectivity index (χ3v) is 4.09. The number of ether oxygens (including phenoxy) is 5. The zero-order chi connectivity index (χ0) is 22.5. The number of unbranched alkanes of at least 4 members (excludes halogenated alkanes) is 6. The first-order valence-electron chi connectivity index (χ1n) is 11.5. The predicted molar refractivity (Wildman–Crippen MR) is 116 cm³/mol. The van der Waals surface area contributed by atoms with E-state index in [4.69, 9.17) is 23.7 Å². The molecule has 0 aliphatic rings. The summed E-state index contributed by atoms with van der Waals surface area (Å²) in [6, 6.07) is 0. The Kier molecular flexibility index (Phi) is 19.0. The second kappa shape index (κ2) is 19.8. The average Bonchev–Trinajstić information content (AvgIpc) is 2.66. The highest BCUT2D eigenvalue weighted by molar-refractivity contribution is 5.70. The molecule has 178 valence electrons. The molecule has 0 fully saturated rings. The largest absolute Gasteiger partial charge is 0.463 e. The standard InChI is InChI=1S/C23H44O7/c1-5-6-7-8-9-10-11-12-21(24)29-20-19-28-18-17-27-16-15-26-14-13-22(25)30-23(2,3)4/h5-20H2,1-4H3. The highest BCUT2D eigenvalue weighted by atomic mass is 16.6. The first kappa shape index (κ1) is 28.8. The fraction of sp³-hybridized carbons (Fsp3) is 0.913. The van der Waals surface area contributed by atoms with Crippen molar-refractivity contribution in [3.05, 3.63) is 0 Å². The van der Waals surface area contributed by atoms with Gasteiger partial charge in [0.15, 0.2) is 0 Å². The van der Waals surface area contributed by atoms with Crippen molar-refractivity contribution >= 4 is 11.9 Å². The van der Waals surface area contributed by atoms with E-state index in [0.29, 0.717) is 46.1 Å². The van der Waals surface area contributed by atoms with Crippen LogP contribution in [0.3, 0.4) is 0 Å². The number of carbonyl (C=O) groups is 2. The first-order valence-corrected chi connectivity index (χ1v) is 11.5. The lowest BCUT2D eigenvalue weighted by Gasteiger charge is -2.19. The van der Waals surface area contributed by atoms with Crippen molar-refractivity contribution in [1.82, 2.24) is 0 Å². The van der Waals surface area contributed by atoms with E-state index in [1.165, 1.54) is 32.1 Å². The smallest absolute Gasteiger partial charge is 0.308 e. The van der Waals surface area contributed by atoms with Gasteiger partial charge in [0.1, 0.15) is 12.2 Å². The normalized spacial score (nSPS) is 11.5. The van der Waals surface area contributed by atoms with Gasteiger partial charge in [-0.25, -0.2) is 0 Å². The van der Waals surface area contributed by atoms with Crippen LogP contribution < -0.4 is 0 Å². The van der Waals surface area contributed by atoms with E-state index < -0.39 is 5.60 Å². The molecular weight excluding hydrogens is 388 g/mol. The Hall–Kier alpha value is -1.18. The van der Waals surface area contributed by atoms with Gasteiger partial charge >= 0.3 is 11.9 Å². The summed E-state index contributed by atoms with van der Waals surface area (Å²) in [7, 11) is 0. The van der Waals surface area contributed by atoms with Gasteiger partial charge in [-0.3, -0.25) is 9.59 Å². The van der Waals surface area contributed by atoms with Gasteiger partial charge in [-0.05, 0) is 27.2 Å². The molecule has 0 bridgehead atoms. The molecule has 0 spiro atoms. The second-order valence-electron chi connectivity index (χ2n) is 8.27. The maximum atomic E-state index is 11.6. The van der Waals surface area contributed by atoms with E-state index in [-0.39, 0.29) is 25.0 Å². The summed E-state index contributed by atoms with van der Waals surface area (Å²) in [6.45, 7) is 10.4. The zero-order valence-electron chi connectivity index (χ0n) is 19.7. The van der Waals surface area contributed by atoms with Crippen molar-refractivity contribution in [2.45, 2.75) is 91.1 Å². The number of hydrogen-bond donors (Lipinski definition) is 0. The molecule has 0 rings (SSSR count). The minimum atomic E-state index is -0.466. The monoisotopic (exact) mass is 432 g/mol. The van der Waals surface area contributed by atoms with Crippen LogP contribution in [-0.2, 0) is 33.3 Å². The SMILES string of the molecule is CCCCCCCCCC(=O)OCCOCCOCCOCCC(=O)OC(C)(C)C. The van der Waals surface area contributed by atoms with Gasteiger partial charge in [-0.2, -0.15) is 0 Å². The number of esters is 2. The van der Waals surface area contributed by atoms with Crippen molar-refractivity contribution in [3.8, 4) is 0 Å². The van der Waals surface area contributed by atoms with Crippen molar-refractivity contribution < 1.29 is 33.3 Å². The van der Waals surface area contributed by atoms with Gasteiger partial charge in [0.05, 0.1) is 46.1 Å². The molecule has 0 aromatic heterocycles. The molecule has 0 aliphatic carbocycles. The molecular formula is C23H44O7. The van der Waals surface area contributed by atoms with E-state index in [9.17, 15) is 9.59 Å². The lowest BCUT2D eigenvalue weighted by Crippen LogP contribution is -2.24. The van der Waals surface area contributed by atoms with Crippen LogP contribution in [0.4, 0.5) is 0 Å². The van der Waals surface area contributed by atoms with E-state index in [2.05, 4.69) is 6.92 Å². The Morgan fingerprint density at radius 3 is 1.67 bits per heavy atom. The molecule has 0 N–H and O–H groups in total. The van der Waals surface area contributed by atoms with Crippen LogP contribution in [-0.4, -0.2) is 63.8 Å². The first-order chi connectivity index (χ1) is 14.3. The topological polar surface area (TPSA) is 80.3 Å². The molecule has 7 heteroatoms. The van der Waals surface area contributed by atoms with Gasteiger partial charge in [0, 0.05) is 6.42 Å². The summed E-state index contributed by atoms with van der Waals surface area (Å²) in [6.07, 6.45) is 9.04. The molecule has 0 amide bonds. The summed E-state index contributed by atoms with van der Waals surface area (Å²) < 4.78 is 26.4. The van der Waals surface area contributed by atoms with E-state index in [0.717, 1.165) is 12.8 Å². The minimum Gasteiger partial charge on any atom is -0.463 e. The van der Waals surface area contributed by atoms with Crippen LogP contribution in [0.1, 0.15) is 85.5 Å². The third kappa shape index (κ3) is 23.1. The molecule has 0 aliphatic heterocycles. The van der Waals surface area contributed by atoms with Gasteiger partial charge in [0.2, 0.25) is 0 Å². The average molecular weight is 433 g/mol. The molecule has 30 heavy (non-hydrogen) atoms. The van der Waals surface area contributed by atoms with Gasteiger partial charge in [0.25, 0.3) is 0 Å². The summed E-state index contributed by atoms with van der Waals surface area (Å²) in [5, 5.41) is 0. The maximum absolute atomic E-state index is 11.6. The second-order valence-corrected chi connectivity index (χ2v) is 8.27. The zero-order valence-corrected chi connectivity index (χ0v) is 19.7. The Morgan fingerprint density at radius 1 is 0.600 bits per heavy atom. The Balaban J connectivity index is 3.25. The predicted octanol–water partition coefficient (Wildman–Crippen LogP) is 4.45. The fourth-order valence-corrected chi connectivity index (χ4v) is 2.60. The van der Waals surface area contributed by atoms with Gasteiger partial charge in [-0.1, -0.05) is 45.4 Å². The van der Waals surface area contributed by atoms with Crippen molar-refractivity contribution in [1.29, 1.82) is 0 Å². The molecule has 7 nitrogen and oxygen atoms in total. The quantitative estimate of drug-likeness (QED) is 0.208. The van der Waals surface area contributed by atoms with Crippen LogP contribution in [0.5, 0.6) is 0 Å². The van der Waals surface area contributed by atoms with Crippen LogP contribution in [0.25, 0.3) is 0 Å². The third-order valence-electron chi connectivity index (χ3n) is 4.09. The molecule has 0 heterocycles. The number of carbonyl (C=O) groups excluding carboxylic acids is 2. The molecule has 0 saturated heterocycles. The van der Waals surface area contributed by atoms with Crippen LogP contribution in [0.2, 0.25) is 0 Å². The van der Waals surface area contributed by atoms with Crippen molar-refractivity contribution in [3.63, 3.8) is 0 Å². The Bertz CT molecular complexity index is 418. The highest BCUT2D eigenvalue weighted by Gasteiger charge is 2.15. The van der Waals surface area contributed by atoms with Crippen LogP contribution in [0.15, 0.2) is 0 Å². The maximum Gasteiger partial charge on any atom is 0.308 e. The molecule has 0 aromatic carbocycles. The Labute approximate surface area is 183 Å². The molecule has 0 saturated carbocycles. The summed E-state index contributed by atoms with van der Waals surface area (Å²) >= 11 is 0. The summed E-state index contributed by atoms with van der Waals surface area (Å²) in [5.41, 5.74) is -0.466. The fourth-order valence-electron chi connectivity index (χ4n) is 2.60. The summed E-state index contributed by atoms with van der Waals surface area (Å²) in [4.78, 5) is 23.1. The number of hydrogen-bond acceptors (Lipinski definition) is 7. The highest BCUT2D eigenvalue weighted by Crippen LogP contribution is 2.09. The molecule has 0 aromatic rings. The van der Waals surface area contributed by atoms with E-state index >= 15 is 0 Å². The molecule has 0 radical (unpaired) electrons. The van der Waals surface area contributed by atoms with Crippen LogP contribution in [0, 0.1) is 0 Å². The van der Waals surface area contributed by atoms with Crippen molar-refractivity contribution in [2.75, 3.05) is 46.2 Å². The lowest BCUT2D eigenvalue weighted by molar-refractivity contribution is -0.156. The minimum absolute atomic E-state index is 0.146. The Morgan fingerprint density at radius 2 is 1.10 bits per heavy atom. The molecule has 0 atom stereocenters. The van der Waals surface area contributed by atoms with E-state index in [1.54, 1.807) is 0 Å². The lowest BCUT2D eigenvalue weighted by atomic mass is 10.1. The van der Waals surface area contributed by atoms with Crippen LogP contribution >= 0.6 is 0 Å². The summed E-state index contributed by atoms with van der Waals surface area (Å²) in [5.74, 6) is -0.410. The van der Waals surface area contributed by atoms with Gasteiger partial charge < -0.3 is 23.7 Å². The van der Waals surface area contributed by atoms with E-state index in [1.807, 2.05) is 20.8 Å². The van der Waals surface area contributed by atoms with Gasteiger partial charge in [-0.15, -0.1) is 0 Å². The van der Waals surface area contributed by atoms with Crippen molar-refractivity contribution in [2.24, 2.45) is 0 Å².